The Kier molecular flexibility index (Phi) is 43.4. The van der Waals surface area contributed by atoms with Gasteiger partial charge < -0.3 is 45.4 Å². The van der Waals surface area contributed by atoms with E-state index >= 15 is 0 Å². The number of nitrogens with one attached hydrogen (secondary N) is 1. The molecule has 8 unspecified atom stereocenters. The normalized spacial score (nSPS) is 20.6. The van der Waals surface area contributed by atoms with Crippen LogP contribution >= 0.6 is 0 Å². The Hall–Kier alpha value is -2.15. The Morgan fingerprint density at radius 1 is 0.522 bits per heavy atom. The number of amides is 1. The van der Waals surface area contributed by atoms with Gasteiger partial charge in [0.1, 0.15) is 30.5 Å². The number of ether oxygens (including phenoxy) is 2. The highest BCUT2D eigenvalue weighted by atomic mass is 16.7. The van der Waals surface area contributed by atoms with E-state index in [1.807, 2.05) is 6.08 Å². The van der Waals surface area contributed by atoms with Crippen molar-refractivity contribution in [2.45, 2.75) is 281 Å². The van der Waals surface area contributed by atoms with Crippen LogP contribution in [0.1, 0.15) is 232 Å². The van der Waals surface area contributed by atoms with Crippen LogP contribution in [0, 0.1) is 0 Å². The lowest BCUT2D eigenvalue weighted by Crippen LogP contribution is -2.60. The first kappa shape index (κ1) is 62.9. The molecule has 0 aromatic rings. The molecule has 0 saturated carbocycles. The van der Waals surface area contributed by atoms with E-state index in [0.29, 0.717) is 19.3 Å². The van der Waals surface area contributed by atoms with Crippen LogP contribution in [0.5, 0.6) is 0 Å². The third kappa shape index (κ3) is 35.6. The van der Waals surface area contributed by atoms with Crippen LogP contribution in [0.15, 0.2) is 60.8 Å². The standard InChI is InChI=1S/C57H103NO9/c1-3-5-7-9-11-13-15-17-18-19-20-21-22-23-24-25-26-27-28-29-30-31-32-33-34-36-38-40-42-44-46-51(61)56(65)58-49(48-66-57-55(64)54(63)53(62)52(47-59)67-57)50(60)45-43-41-39-37-35-16-14-12-10-8-6-4-2/h10,12,20-21,23-24,35,37,43,45,49-55,57,59-64H,3-9,11,13-19,22,25-34,36,38-42,44,46-48H2,1-2H3,(H,58,65)/b12-10+,21-20-,24-23-,37-35+,45-43+. The third-order valence-corrected chi connectivity index (χ3v) is 12.9. The van der Waals surface area contributed by atoms with Gasteiger partial charge in [0.25, 0.3) is 0 Å². The first-order valence-corrected chi connectivity index (χ1v) is 27.6. The van der Waals surface area contributed by atoms with Gasteiger partial charge in [0.05, 0.1) is 25.4 Å². The number of hydrogen-bond acceptors (Lipinski definition) is 9. The molecule has 0 radical (unpaired) electrons. The monoisotopic (exact) mass is 946 g/mol. The molecule has 390 valence electrons. The van der Waals surface area contributed by atoms with Gasteiger partial charge in [-0.15, -0.1) is 0 Å². The van der Waals surface area contributed by atoms with Crippen molar-refractivity contribution in [3.8, 4) is 0 Å². The average molecular weight is 946 g/mol. The van der Waals surface area contributed by atoms with E-state index in [2.05, 4.69) is 67.8 Å². The summed E-state index contributed by atoms with van der Waals surface area (Å²) in [5, 5.41) is 64.8. The van der Waals surface area contributed by atoms with Gasteiger partial charge in [-0.1, -0.05) is 222 Å². The Labute approximate surface area is 409 Å². The van der Waals surface area contributed by atoms with Gasteiger partial charge in [-0.25, -0.2) is 0 Å². The van der Waals surface area contributed by atoms with Gasteiger partial charge in [-0.2, -0.15) is 0 Å². The molecule has 0 aromatic carbocycles. The van der Waals surface area contributed by atoms with Crippen LogP contribution in [0.25, 0.3) is 0 Å². The Morgan fingerprint density at radius 3 is 1.43 bits per heavy atom. The Morgan fingerprint density at radius 2 is 0.940 bits per heavy atom. The van der Waals surface area contributed by atoms with Crippen molar-refractivity contribution in [2.24, 2.45) is 0 Å². The largest absolute Gasteiger partial charge is 0.394 e. The highest BCUT2D eigenvalue weighted by molar-refractivity contribution is 5.80. The zero-order valence-electron chi connectivity index (χ0n) is 42.8. The molecular formula is C57H103NO9. The summed E-state index contributed by atoms with van der Waals surface area (Å²) in [4.78, 5) is 13.1. The molecule has 67 heavy (non-hydrogen) atoms. The summed E-state index contributed by atoms with van der Waals surface area (Å²) in [7, 11) is 0. The second-order valence-electron chi connectivity index (χ2n) is 19.1. The number of rotatable bonds is 46. The van der Waals surface area contributed by atoms with Crippen LogP contribution in [-0.2, 0) is 14.3 Å². The summed E-state index contributed by atoms with van der Waals surface area (Å²) in [5.41, 5.74) is 0. The fourth-order valence-electron chi connectivity index (χ4n) is 8.39. The van der Waals surface area contributed by atoms with Crippen LogP contribution in [0.4, 0.5) is 0 Å². The minimum Gasteiger partial charge on any atom is -0.394 e. The van der Waals surface area contributed by atoms with Gasteiger partial charge in [0.2, 0.25) is 5.91 Å². The number of unbranched alkanes of at least 4 members (excludes halogenated alkanes) is 27. The van der Waals surface area contributed by atoms with Gasteiger partial charge in [-0.05, 0) is 70.6 Å². The molecule has 0 bridgehead atoms. The van der Waals surface area contributed by atoms with Gasteiger partial charge in [-0.3, -0.25) is 4.79 Å². The second-order valence-corrected chi connectivity index (χ2v) is 19.1. The Bertz CT molecular complexity index is 1250. The van der Waals surface area contributed by atoms with Crippen molar-refractivity contribution in [1.82, 2.24) is 5.32 Å². The molecule has 1 fully saturated rings. The zero-order valence-corrected chi connectivity index (χ0v) is 42.8. The highest BCUT2D eigenvalue weighted by Crippen LogP contribution is 2.23. The first-order chi connectivity index (χ1) is 32.8. The van der Waals surface area contributed by atoms with Crippen molar-refractivity contribution in [3.63, 3.8) is 0 Å². The first-order valence-electron chi connectivity index (χ1n) is 27.6. The van der Waals surface area contributed by atoms with Crippen LogP contribution in [-0.4, -0.2) is 98.7 Å². The lowest BCUT2D eigenvalue weighted by atomic mass is 9.99. The van der Waals surface area contributed by atoms with E-state index in [1.54, 1.807) is 6.08 Å². The summed E-state index contributed by atoms with van der Waals surface area (Å²) in [6.45, 7) is 3.54. The quantitative estimate of drug-likeness (QED) is 0.0232. The molecular weight excluding hydrogens is 843 g/mol. The molecule has 10 nitrogen and oxygen atoms in total. The molecule has 10 heteroatoms. The van der Waals surface area contributed by atoms with Crippen molar-refractivity contribution >= 4 is 5.91 Å². The molecule has 8 atom stereocenters. The van der Waals surface area contributed by atoms with E-state index in [4.69, 9.17) is 9.47 Å². The average Bonchev–Trinajstić information content (AvgIpc) is 3.33. The Balaban J connectivity index is 2.21. The molecule has 1 rings (SSSR count). The van der Waals surface area contributed by atoms with E-state index in [9.17, 15) is 35.4 Å². The van der Waals surface area contributed by atoms with Crippen LogP contribution < -0.4 is 5.32 Å². The van der Waals surface area contributed by atoms with Crippen molar-refractivity contribution < 1.29 is 44.9 Å². The molecule has 0 aliphatic carbocycles. The molecule has 1 aliphatic rings. The maximum absolute atomic E-state index is 13.1. The van der Waals surface area contributed by atoms with E-state index in [-0.39, 0.29) is 6.61 Å². The topological polar surface area (TPSA) is 169 Å². The SMILES string of the molecule is CCCC/C=C/CC/C=C/CC/C=C/C(O)C(COC1OC(CO)C(O)C(O)C1O)NC(=O)C(O)CCCCCCCCCCCCCCCC/C=C\C/C=C\CCCCCCCCCCC. The summed E-state index contributed by atoms with van der Waals surface area (Å²) in [5.74, 6) is -0.632. The van der Waals surface area contributed by atoms with E-state index in [0.717, 1.165) is 51.4 Å². The van der Waals surface area contributed by atoms with Crippen LogP contribution in [0.3, 0.4) is 0 Å². The predicted molar refractivity (Wildman–Crippen MR) is 278 cm³/mol. The predicted octanol–water partition coefficient (Wildman–Crippen LogP) is 12.1. The molecule has 1 heterocycles. The number of carbonyl (C=O) groups is 1. The summed E-state index contributed by atoms with van der Waals surface area (Å²) in [6.07, 6.45) is 52.0. The maximum atomic E-state index is 13.1. The smallest absolute Gasteiger partial charge is 0.249 e. The van der Waals surface area contributed by atoms with Gasteiger partial charge >= 0.3 is 0 Å². The minimum absolute atomic E-state index is 0.298. The maximum Gasteiger partial charge on any atom is 0.249 e. The molecule has 0 aromatic heterocycles. The lowest BCUT2D eigenvalue weighted by Gasteiger charge is -2.40. The van der Waals surface area contributed by atoms with Crippen molar-refractivity contribution in [1.29, 1.82) is 0 Å². The number of allylic oxidation sites excluding steroid dienone is 9. The van der Waals surface area contributed by atoms with Gasteiger partial charge in [0, 0.05) is 0 Å². The molecule has 7 N–H and O–H groups in total. The minimum atomic E-state index is -1.62. The van der Waals surface area contributed by atoms with Gasteiger partial charge in [0.15, 0.2) is 6.29 Å². The zero-order chi connectivity index (χ0) is 48.8. The summed E-state index contributed by atoms with van der Waals surface area (Å²) >= 11 is 0. The second kappa shape index (κ2) is 46.2. The molecule has 1 saturated heterocycles. The van der Waals surface area contributed by atoms with Crippen molar-refractivity contribution in [2.75, 3.05) is 13.2 Å². The van der Waals surface area contributed by atoms with Crippen molar-refractivity contribution in [3.05, 3.63) is 60.8 Å². The third-order valence-electron chi connectivity index (χ3n) is 12.9. The molecule has 1 amide bonds. The molecule has 0 spiro atoms. The van der Waals surface area contributed by atoms with E-state index < -0.39 is 61.5 Å². The number of aliphatic hydroxyl groups is 6. The van der Waals surface area contributed by atoms with Crippen LogP contribution in [0.2, 0.25) is 0 Å². The fraction of sp³-hybridized carbons (Fsp3) is 0.807. The van der Waals surface area contributed by atoms with E-state index in [1.165, 1.54) is 148 Å². The highest BCUT2D eigenvalue weighted by Gasteiger charge is 2.44. The number of carbonyl (C=O) groups excluding carboxylic acids is 1. The summed E-state index contributed by atoms with van der Waals surface area (Å²) in [6, 6.07) is -1.00. The lowest BCUT2D eigenvalue weighted by molar-refractivity contribution is -0.302. The number of hydrogen-bond donors (Lipinski definition) is 7. The fourth-order valence-corrected chi connectivity index (χ4v) is 8.39. The number of aliphatic hydroxyl groups excluding tert-OH is 6. The molecule has 1 aliphatic heterocycles. The summed E-state index contributed by atoms with van der Waals surface area (Å²) < 4.78 is 11.1.